The number of aryl methyl sites for hydroxylation is 1. The van der Waals surface area contributed by atoms with Crippen molar-refractivity contribution < 1.29 is 19.2 Å². The van der Waals surface area contributed by atoms with Crippen LogP contribution >= 0.6 is 0 Å². The lowest BCUT2D eigenvalue weighted by molar-refractivity contribution is -0.117. The molecule has 0 bridgehead atoms. The molecule has 4 amide bonds. The number of amides is 4. The first-order valence-corrected chi connectivity index (χ1v) is 8.79. The molecule has 0 aliphatic carbocycles. The van der Waals surface area contributed by atoms with Gasteiger partial charge in [-0.1, -0.05) is 12.1 Å². The lowest BCUT2D eigenvalue weighted by Crippen LogP contribution is -2.33. The highest BCUT2D eigenvalue weighted by atomic mass is 16.2. The SMILES string of the molecule is NC(=O)CNC(=O)c1ccc(CNC(=O)c2ccc3c(c2)CCC(=O)N3)cc1. The number of hydrogen-bond donors (Lipinski definition) is 4. The molecule has 3 rings (SSSR count). The summed E-state index contributed by atoms with van der Waals surface area (Å²) < 4.78 is 0. The number of nitrogens with one attached hydrogen (secondary N) is 3. The van der Waals surface area contributed by atoms with E-state index < -0.39 is 11.8 Å². The quantitative estimate of drug-likeness (QED) is 0.588. The van der Waals surface area contributed by atoms with Gasteiger partial charge in [0.2, 0.25) is 11.8 Å². The van der Waals surface area contributed by atoms with E-state index in [1.807, 2.05) is 0 Å². The van der Waals surface area contributed by atoms with Crippen LogP contribution in [0.3, 0.4) is 0 Å². The third kappa shape index (κ3) is 4.73. The average molecular weight is 380 g/mol. The molecule has 0 aromatic heterocycles. The number of carbonyl (C=O) groups excluding carboxylic acids is 4. The predicted octanol–water partition coefficient (Wildman–Crippen LogP) is 0.716. The molecule has 8 heteroatoms. The Labute approximate surface area is 161 Å². The van der Waals surface area contributed by atoms with Gasteiger partial charge < -0.3 is 21.7 Å². The molecule has 0 unspecified atom stereocenters. The van der Waals surface area contributed by atoms with Crippen LogP contribution in [0.1, 0.15) is 38.3 Å². The summed E-state index contributed by atoms with van der Waals surface area (Å²) in [6, 6.07) is 11.9. The molecule has 8 nitrogen and oxygen atoms in total. The Kier molecular flexibility index (Phi) is 5.69. The molecule has 1 heterocycles. The standard InChI is InChI=1S/C20H20N4O4/c21-17(25)11-23-19(27)13-3-1-12(2-4-13)10-22-20(28)15-5-7-16-14(9-15)6-8-18(26)24-16/h1-5,7,9H,6,8,10-11H2,(H2,21,25)(H,22,28)(H,23,27)(H,24,26). The zero-order chi connectivity index (χ0) is 20.1. The van der Waals surface area contributed by atoms with Crippen LogP contribution < -0.4 is 21.7 Å². The van der Waals surface area contributed by atoms with E-state index in [2.05, 4.69) is 16.0 Å². The second-order valence-corrected chi connectivity index (χ2v) is 6.45. The zero-order valence-corrected chi connectivity index (χ0v) is 15.1. The highest BCUT2D eigenvalue weighted by Crippen LogP contribution is 2.23. The Morgan fingerprint density at radius 2 is 1.61 bits per heavy atom. The van der Waals surface area contributed by atoms with Gasteiger partial charge in [-0.25, -0.2) is 0 Å². The summed E-state index contributed by atoms with van der Waals surface area (Å²) in [6.07, 6.45) is 1.03. The number of nitrogens with two attached hydrogens (primary N) is 1. The van der Waals surface area contributed by atoms with Gasteiger partial charge >= 0.3 is 0 Å². The highest BCUT2D eigenvalue weighted by Gasteiger charge is 2.16. The Balaban J connectivity index is 1.57. The van der Waals surface area contributed by atoms with Crippen molar-refractivity contribution in [1.29, 1.82) is 0 Å². The van der Waals surface area contributed by atoms with Gasteiger partial charge in [-0.2, -0.15) is 0 Å². The Morgan fingerprint density at radius 3 is 2.32 bits per heavy atom. The molecule has 1 aliphatic rings. The van der Waals surface area contributed by atoms with Crippen LogP contribution in [0.25, 0.3) is 0 Å². The van der Waals surface area contributed by atoms with E-state index >= 15 is 0 Å². The third-order valence-electron chi connectivity index (χ3n) is 4.36. The van der Waals surface area contributed by atoms with Gasteiger partial charge in [-0.15, -0.1) is 0 Å². The van der Waals surface area contributed by atoms with Crippen molar-refractivity contribution in [3.05, 3.63) is 64.7 Å². The molecular weight excluding hydrogens is 360 g/mol. The van der Waals surface area contributed by atoms with Crippen LogP contribution in [-0.2, 0) is 22.6 Å². The summed E-state index contributed by atoms with van der Waals surface area (Å²) in [5.74, 6) is -1.24. The van der Waals surface area contributed by atoms with Gasteiger partial charge in [-0.05, 0) is 47.9 Å². The molecular formula is C20H20N4O4. The zero-order valence-electron chi connectivity index (χ0n) is 15.1. The van der Waals surface area contributed by atoms with Crippen molar-refractivity contribution in [1.82, 2.24) is 10.6 Å². The lowest BCUT2D eigenvalue weighted by Gasteiger charge is -2.17. The largest absolute Gasteiger partial charge is 0.368 e. The topological polar surface area (TPSA) is 130 Å². The van der Waals surface area contributed by atoms with E-state index in [1.165, 1.54) is 0 Å². The van der Waals surface area contributed by atoms with Crippen molar-refractivity contribution >= 4 is 29.3 Å². The summed E-state index contributed by atoms with van der Waals surface area (Å²) in [5, 5.41) is 8.02. The van der Waals surface area contributed by atoms with Gasteiger partial charge in [0.15, 0.2) is 0 Å². The van der Waals surface area contributed by atoms with Crippen LogP contribution in [-0.4, -0.2) is 30.2 Å². The first-order chi connectivity index (χ1) is 13.4. The molecule has 0 saturated heterocycles. The molecule has 2 aromatic rings. The monoisotopic (exact) mass is 380 g/mol. The number of carbonyl (C=O) groups is 4. The van der Waals surface area contributed by atoms with Crippen LogP contribution in [0.15, 0.2) is 42.5 Å². The molecule has 5 N–H and O–H groups in total. The van der Waals surface area contributed by atoms with E-state index in [0.29, 0.717) is 30.5 Å². The first kappa shape index (κ1) is 19.1. The number of primary amides is 1. The summed E-state index contributed by atoms with van der Waals surface area (Å²) in [6.45, 7) is 0.0803. The third-order valence-corrected chi connectivity index (χ3v) is 4.36. The average Bonchev–Trinajstić information content (AvgIpc) is 2.70. The van der Waals surface area contributed by atoms with E-state index in [4.69, 9.17) is 5.73 Å². The molecule has 0 atom stereocenters. The van der Waals surface area contributed by atoms with Crippen molar-refractivity contribution in [3.8, 4) is 0 Å². The van der Waals surface area contributed by atoms with Gasteiger partial charge in [-0.3, -0.25) is 19.2 Å². The van der Waals surface area contributed by atoms with Crippen molar-refractivity contribution in [2.45, 2.75) is 19.4 Å². The molecule has 0 saturated carbocycles. The Bertz CT molecular complexity index is 938. The molecule has 2 aromatic carbocycles. The van der Waals surface area contributed by atoms with Gasteiger partial charge in [0, 0.05) is 29.8 Å². The minimum absolute atomic E-state index is 0.0172. The fourth-order valence-corrected chi connectivity index (χ4v) is 2.85. The minimum atomic E-state index is -0.614. The molecule has 0 fully saturated rings. The van der Waals surface area contributed by atoms with E-state index in [9.17, 15) is 19.2 Å². The van der Waals surface area contributed by atoms with Crippen molar-refractivity contribution in [2.75, 3.05) is 11.9 Å². The van der Waals surface area contributed by atoms with Crippen LogP contribution in [0.4, 0.5) is 5.69 Å². The fourth-order valence-electron chi connectivity index (χ4n) is 2.85. The maximum Gasteiger partial charge on any atom is 0.251 e. The Morgan fingerprint density at radius 1 is 0.929 bits per heavy atom. The van der Waals surface area contributed by atoms with Crippen LogP contribution in [0, 0.1) is 0 Å². The number of rotatable bonds is 6. The molecule has 1 aliphatic heterocycles. The number of benzene rings is 2. The summed E-state index contributed by atoms with van der Waals surface area (Å²) in [5.41, 5.74) is 8.43. The van der Waals surface area contributed by atoms with Crippen molar-refractivity contribution in [2.24, 2.45) is 5.73 Å². The number of anilines is 1. The second-order valence-electron chi connectivity index (χ2n) is 6.45. The Hall–Kier alpha value is -3.68. The molecule has 0 radical (unpaired) electrons. The second kappa shape index (κ2) is 8.34. The lowest BCUT2D eigenvalue weighted by atomic mass is 10.00. The van der Waals surface area contributed by atoms with E-state index in [-0.39, 0.29) is 18.4 Å². The first-order valence-electron chi connectivity index (χ1n) is 8.79. The molecule has 144 valence electrons. The van der Waals surface area contributed by atoms with Crippen LogP contribution in [0.5, 0.6) is 0 Å². The minimum Gasteiger partial charge on any atom is -0.368 e. The number of fused-ring (bicyclic) bond motifs is 1. The maximum absolute atomic E-state index is 12.4. The fraction of sp³-hybridized carbons (Fsp3) is 0.200. The van der Waals surface area contributed by atoms with Gasteiger partial charge in [0.1, 0.15) is 0 Å². The predicted molar refractivity (Wildman–Crippen MR) is 103 cm³/mol. The van der Waals surface area contributed by atoms with E-state index in [1.54, 1.807) is 42.5 Å². The highest BCUT2D eigenvalue weighted by molar-refractivity contribution is 5.98. The molecule has 28 heavy (non-hydrogen) atoms. The van der Waals surface area contributed by atoms with Crippen LogP contribution in [0.2, 0.25) is 0 Å². The normalized spacial score (nSPS) is 12.5. The van der Waals surface area contributed by atoms with Gasteiger partial charge in [0.05, 0.1) is 6.54 Å². The maximum atomic E-state index is 12.4. The number of hydrogen-bond acceptors (Lipinski definition) is 4. The summed E-state index contributed by atoms with van der Waals surface area (Å²) in [4.78, 5) is 46.3. The van der Waals surface area contributed by atoms with Gasteiger partial charge in [0.25, 0.3) is 11.8 Å². The smallest absolute Gasteiger partial charge is 0.251 e. The van der Waals surface area contributed by atoms with E-state index in [0.717, 1.165) is 16.8 Å². The van der Waals surface area contributed by atoms with Crippen molar-refractivity contribution in [3.63, 3.8) is 0 Å². The molecule has 0 spiro atoms. The summed E-state index contributed by atoms with van der Waals surface area (Å²) >= 11 is 0. The summed E-state index contributed by atoms with van der Waals surface area (Å²) in [7, 11) is 0.